The molecule has 1 fully saturated rings. The third-order valence-electron chi connectivity index (χ3n) is 6.77. The topological polar surface area (TPSA) is 67.9 Å². The second-order valence-corrected chi connectivity index (χ2v) is 9.40. The number of carbonyl (C=O) groups is 2. The zero-order valence-corrected chi connectivity index (χ0v) is 20.3. The monoisotopic (exact) mass is 469 g/mol. The van der Waals surface area contributed by atoms with E-state index in [4.69, 9.17) is 11.6 Å². The Kier molecular flexibility index (Phi) is 7.22. The van der Waals surface area contributed by atoms with E-state index in [-0.39, 0.29) is 6.04 Å². The van der Waals surface area contributed by atoms with Gasteiger partial charge >= 0.3 is 11.8 Å². The number of nitrogens with one attached hydrogen (secondary N) is 2. The molecule has 0 unspecified atom stereocenters. The number of halogens is 1. The second kappa shape index (κ2) is 10.1. The van der Waals surface area contributed by atoms with Crippen LogP contribution in [0.5, 0.6) is 0 Å². The van der Waals surface area contributed by atoms with Crippen LogP contribution >= 0.6 is 11.6 Å². The lowest BCUT2D eigenvalue weighted by Gasteiger charge is -2.38. The Morgan fingerprint density at radius 3 is 2.55 bits per heavy atom. The van der Waals surface area contributed by atoms with Crippen molar-refractivity contribution in [3.63, 3.8) is 0 Å². The fourth-order valence-corrected chi connectivity index (χ4v) is 4.75. The Balaban J connectivity index is 1.47. The molecule has 2 N–H and O–H groups in total. The van der Waals surface area contributed by atoms with E-state index >= 15 is 0 Å². The maximum Gasteiger partial charge on any atom is 0.313 e. The molecule has 2 heterocycles. The number of piperazine rings is 1. The van der Waals surface area contributed by atoms with Gasteiger partial charge < -0.3 is 20.4 Å². The summed E-state index contributed by atoms with van der Waals surface area (Å²) in [5, 5.41) is 6.09. The molecule has 1 saturated heterocycles. The van der Waals surface area contributed by atoms with Gasteiger partial charge in [0, 0.05) is 62.7 Å². The highest BCUT2D eigenvalue weighted by Crippen LogP contribution is 2.31. The van der Waals surface area contributed by atoms with Crippen LogP contribution in [-0.4, -0.2) is 75.0 Å². The van der Waals surface area contributed by atoms with Crippen LogP contribution in [0.4, 0.5) is 11.4 Å². The van der Waals surface area contributed by atoms with E-state index in [2.05, 4.69) is 57.6 Å². The summed E-state index contributed by atoms with van der Waals surface area (Å²) in [4.78, 5) is 32.2. The molecule has 0 radical (unpaired) electrons. The first-order chi connectivity index (χ1) is 15.8. The number of rotatable bonds is 5. The van der Waals surface area contributed by atoms with Crippen LogP contribution in [0.3, 0.4) is 0 Å². The molecule has 0 aliphatic carbocycles. The number of hydrogen-bond acceptors (Lipinski definition) is 5. The van der Waals surface area contributed by atoms with Crippen LogP contribution in [0, 0.1) is 6.92 Å². The summed E-state index contributed by atoms with van der Waals surface area (Å²) in [6.45, 7) is 7.00. The first-order valence-electron chi connectivity index (χ1n) is 11.4. The molecule has 8 heteroatoms. The molecule has 1 atom stereocenters. The molecule has 33 heavy (non-hydrogen) atoms. The van der Waals surface area contributed by atoms with Crippen molar-refractivity contribution >= 4 is 34.8 Å². The molecular formula is C25H32ClN5O2. The first-order valence-corrected chi connectivity index (χ1v) is 11.8. The lowest BCUT2D eigenvalue weighted by atomic mass is 10.00. The minimum atomic E-state index is -0.687. The molecule has 176 valence electrons. The van der Waals surface area contributed by atoms with Crippen molar-refractivity contribution in [3.05, 3.63) is 58.1 Å². The minimum Gasteiger partial charge on any atom is -0.374 e. The Hall–Kier alpha value is -2.61. The van der Waals surface area contributed by atoms with Crippen molar-refractivity contribution in [1.82, 2.24) is 15.1 Å². The maximum atomic E-state index is 12.7. The first kappa shape index (κ1) is 23.5. The van der Waals surface area contributed by atoms with Gasteiger partial charge in [0.2, 0.25) is 0 Å². The lowest BCUT2D eigenvalue weighted by Crippen LogP contribution is -2.49. The fourth-order valence-electron chi connectivity index (χ4n) is 4.58. The summed E-state index contributed by atoms with van der Waals surface area (Å²) < 4.78 is 0. The van der Waals surface area contributed by atoms with E-state index in [1.165, 1.54) is 16.8 Å². The molecule has 2 aromatic carbocycles. The molecule has 0 spiro atoms. The van der Waals surface area contributed by atoms with Crippen LogP contribution in [-0.2, 0) is 16.0 Å². The molecule has 7 nitrogen and oxygen atoms in total. The van der Waals surface area contributed by atoms with Gasteiger partial charge in [-0.15, -0.1) is 0 Å². The predicted molar refractivity (Wildman–Crippen MR) is 133 cm³/mol. The highest BCUT2D eigenvalue weighted by Gasteiger charge is 2.27. The Labute approximate surface area is 200 Å². The van der Waals surface area contributed by atoms with E-state index in [9.17, 15) is 9.59 Å². The Bertz CT molecular complexity index is 1040. The molecule has 0 saturated carbocycles. The molecule has 4 rings (SSSR count). The van der Waals surface area contributed by atoms with E-state index in [1.54, 1.807) is 18.2 Å². The van der Waals surface area contributed by atoms with Crippen LogP contribution in [0.1, 0.15) is 22.7 Å². The summed E-state index contributed by atoms with van der Waals surface area (Å²) in [5.74, 6) is -1.33. The zero-order valence-electron chi connectivity index (χ0n) is 19.5. The van der Waals surface area contributed by atoms with Crippen molar-refractivity contribution in [1.29, 1.82) is 0 Å². The Morgan fingerprint density at radius 1 is 1.03 bits per heavy atom. The van der Waals surface area contributed by atoms with Crippen molar-refractivity contribution in [2.45, 2.75) is 19.4 Å². The summed E-state index contributed by atoms with van der Waals surface area (Å²) in [5.41, 5.74) is 5.07. The second-order valence-electron chi connectivity index (χ2n) is 8.99. The van der Waals surface area contributed by atoms with Gasteiger partial charge in [0.1, 0.15) is 0 Å². The summed E-state index contributed by atoms with van der Waals surface area (Å²) in [7, 11) is 4.24. The van der Waals surface area contributed by atoms with E-state index in [1.807, 2.05) is 6.92 Å². The molecule has 2 amide bonds. The molecule has 2 aromatic rings. The molecule has 2 aliphatic heterocycles. The quantitative estimate of drug-likeness (QED) is 0.659. The van der Waals surface area contributed by atoms with Crippen LogP contribution in [0.25, 0.3) is 0 Å². The maximum absolute atomic E-state index is 12.7. The van der Waals surface area contributed by atoms with Crippen LogP contribution < -0.4 is 15.5 Å². The van der Waals surface area contributed by atoms with Crippen molar-refractivity contribution < 1.29 is 9.59 Å². The van der Waals surface area contributed by atoms with Gasteiger partial charge in [-0.1, -0.05) is 29.8 Å². The molecule has 0 bridgehead atoms. The summed E-state index contributed by atoms with van der Waals surface area (Å²) >= 11 is 6.13. The van der Waals surface area contributed by atoms with Crippen LogP contribution in [0.15, 0.2) is 36.4 Å². The van der Waals surface area contributed by atoms with Gasteiger partial charge in [-0.2, -0.15) is 0 Å². The largest absolute Gasteiger partial charge is 0.374 e. The number of amides is 2. The standard InChI is InChI=1S/C25H32ClN5O2/c1-17-20(26)5-4-6-21(17)28-25(33)24(32)27-16-23(31-13-11-29(2)12-14-31)18-7-8-22-19(15-18)9-10-30(22)3/h4-8,15,23H,9-14,16H2,1-3H3,(H,27,32)(H,28,33)/t23-/m0/s1. The van der Waals surface area contributed by atoms with Gasteiger partial charge in [-0.3, -0.25) is 14.5 Å². The number of fused-ring (bicyclic) bond motifs is 1. The van der Waals surface area contributed by atoms with E-state index < -0.39 is 11.8 Å². The van der Waals surface area contributed by atoms with Crippen molar-refractivity contribution in [2.75, 3.05) is 63.6 Å². The average Bonchev–Trinajstić information content (AvgIpc) is 3.18. The van der Waals surface area contributed by atoms with Gasteiger partial charge in [0.25, 0.3) is 0 Å². The van der Waals surface area contributed by atoms with Crippen LogP contribution in [0.2, 0.25) is 5.02 Å². The number of hydrogen-bond donors (Lipinski definition) is 2. The molecule has 2 aliphatic rings. The number of nitrogens with zero attached hydrogens (tertiary/aromatic N) is 3. The summed E-state index contributed by atoms with van der Waals surface area (Å²) in [6, 6.07) is 11.9. The van der Waals surface area contributed by atoms with Gasteiger partial charge in [0.15, 0.2) is 0 Å². The number of anilines is 2. The van der Waals surface area contributed by atoms with E-state index in [0.717, 1.165) is 44.7 Å². The normalized spacial score (nSPS) is 17.5. The van der Waals surface area contributed by atoms with Crippen molar-refractivity contribution in [3.8, 4) is 0 Å². The lowest BCUT2D eigenvalue weighted by molar-refractivity contribution is -0.136. The Morgan fingerprint density at radius 2 is 1.79 bits per heavy atom. The highest BCUT2D eigenvalue weighted by atomic mass is 35.5. The molecular weight excluding hydrogens is 438 g/mol. The van der Waals surface area contributed by atoms with Gasteiger partial charge in [-0.25, -0.2) is 0 Å². The highest BCUT2D eigenvalue weighted by molar-refractivity contribution is 6.40. The predicted octanol–water partition coefficient (Wildman–Crippen LogP) is 2.68. The third kappa shape index (κ3) is 5.32. The number of benzene rings is 2. The number of carbonyl (C=O) groups excluding carboxylic acids is 2. The average molecular weight is 470 g/mol. The molecule has 0 aromatic heterocycles. The van der Waals surface area contributed by atoms with Gasteiger partial charge in [-0.05, 0) is 55.3 Å². The zero-order chi connectivity index (χ0) is 23.5. The fraction of sp³-hybridized carbons (Fsp3) is 0.440. The van der Waals surface area contributed by atoms with Gasteiger partial charge in [0.05, 0.1) is 6.04 Å². The smallest absolute Gasteiger partial charge is 0.313 e. The number of likely N-dealkylation sites (N-methyl/N-ethyl adjacent to an activating group) is 2. The van der Waals surface area contributed by atoms with E-state index in [0.29, 0.717) is 17.3 Å². The third-order valence-corrected chi connectivity index (χ3v) is 7.18. The minimum absolute atomic E-state index is 0.0135. The summed E-state index contributed by atoms with van der Waals surface area (Å²) in [6.07, 6.45) is 1.03. The van der Waals surface area contributed by atoms with Crippen molar-refractivity contribution in [2.24, 2.45) is 0 Å². The SMILES string of the molecule is Cc1c(Cl)cccc1NC(=O)C(=O)NC[C@@H](c1ccc2c(c1)CCN2C)N1CCN(C)CC1.